The van der Waals surface area contributed by atoms with Gasteiger partial charge in [0.25, 0.3) is 0 Å². The third-order valence-electron chi connectivity index (χ3n) is 5.37. The molecule has 1 N–H and O–H groups in total. The Hall–Kier alpha value is -2.59. The summed E-state index contributed by atoms with van der Waals surface area (Å²) in [6.07, 6.45) is 13.8. The largest absolute Gasteiger partial charge is 0.375 e. The van der Waals surface area contributed by atoms with E-state index in [1.54, 1.807) is 24.8 Å². The van der Waals surface area contributed by atoms with Gasteiger partial charge in [-0.1, -0.05) is 71.9 Å². The Morgan fingerprint density at radius 1 is 0.971 bits per heavy atom. The van der Waals surface area contributed by atoms with Gasteiger partial charge in [-0.3, -0.25) is 9.59 Å². The molecular formula is C30H41NO2S. The Morgan fingerprint density at radius 3 is 2.18 bits per heavy atom. The Balaban J connectivity index is 2.48. The molecule has 0 saturated heterocycles. The molecule has 1 rings (SSSR count). The SMILES string of the molecule is C=C(/C=C(\C=O)c1ccccc1)NC(CSC/C=C(\C)CC/C=C(\C)CCC=C(C)C)C(C)=O. The Kier molecular flexibility index (Phi) is 14.7. The van der Waals surface area contributed by atoms with Gasteiger partial charge >= 0.3 is 0 Å². The van der Waals surface area contributed by atoms with Crippen LogP contribution < -0.4 is 5.32 Å². The number of carbonyl (C=O) groups is 2. The normalized spacial score (nSPS) is 13.3. The molecule has 0 aromatic heterocycles. The summed E-state index contributed by atoms with van der Waals surface area (Å²) in [6.45, 7) is 14.2. The molecule has 0 radical (unpaired) electrons. The fourth-order valence-corrected chi connectivity index (χ4v) is 4.35. The van der Waals surface area contributed by atoms with Gasteiger partial charge in [0.05, 0.1) is 6.04 Å². The van der Waals surface area contributed by atoms with Crippen LogP contribution in [-0.4, -0.2) is 29.6 Å². The molecule has 0 fully saturated rings. The van der Waals surface area contributed by atoms with Crippen LogP contribution in [-0.2, 0) is 9.59 Å². The standard InChI is InChI=1S/C30H41NO2S/c1-23(2)12-10-13-24(3)14-11-15-25(4)18-19-34-22-30(27(6)33)31-26(5)20-29(21-32)28-16-8-7-9-17-28/h7-9,12,14,16-18,20-21,30-31H,5,10-11,13,15,19,22H2,1-4,6H3/b24-14+,25-18+,29-20+. The molecule has 184 valence electrons. The fraction of sp³-hybridized carbons (Fsp3) is 0.400. The summed E-state index contributed by atoms with van der Waals surface area (Å²) < 4.78 is 0. The van der Waals surface area contributed by atoms with Crippen LogP contribution in [0.2, 0.25) is 0 Å². The van der Waals surface area contributed by atoms with Crippen molar-refractivity contribution in [2.75, 3.05) is 11.5 Å². The van der Waals surface area contributed by atoms with Gasteiger partial charge in [-0.05, 0) is 71.9 Å². The lowest BCUT2D eigenvalue weighted by Crippen LogP contribution is -2.36. The van der Waals surface area contributed by atoms with Gasteiger partial charge in [0.15, 0.2) is 12.1 Å². The molecule has 0 amide bonds. The highest BCUT2D eigenvalue weighted by atomic mass is 32.2. The minimum atomic E-state index is -0.336. The lowest BCUT2D eigenvalue weighted by Gasteiger charge is -2.17. The number of thioether (sulfide) groups is 1. The second-order valence-electron chi connectivity index (χ2n) is 8.91. The van der Waals surface area contributed by atoms with E-state index in [0.717, 1.165) is 43.3 Å². The zero-order chi connectivity index (χ0) is 25.3. The van der Waals surface area contributed by atoms with Crippen LogP contribution in [0.1, 0.15) is 65.9 Å². The van der Waals surface area contributed by atoms with E-state index in [9.17, 15) is 9.59 Å². The van der Waals surface area contributed by atoms with E-state index in [-0.39, 0.29) is 11.8 Å². The van der Waals surface area contributed by atoms with Gasteiger partial charge in [0, 0.05) is 22.8 Å². The van der Waals surface area contributed by atoms with Gasteiger partial charge < -0.3 is 5.32 Å². The Labute approximate surface area is 211 Å². The molecule has 0 saturated carbocycles. The van der Waals surface area contributed by atoms with Crippen LogP contribution in [0.3, 0.4) is 0 Å². The first-order chi connectivity index (χ1) is 16.2. The maximum absolute atomic E-state index is 12.1. The smallest absolute Gasteiger partial charge is 0.152 e. The van der Waals surface area contributed by atoms with E-state index in [1.807, 2.05) is 30.3 Å². The lowest BCUT2D eigenvalue weighted by atomic mass is 10.1. The molecule has 34 heavy (non-hydrogen) atoms. The predicted molar refractivity (Wildman–Crippen MR) is 150 cm³/mol. The quantitative estimate of drug-likeness (QED) is 0.0877. The maximum Gasteiger partial charge on any atom is 0.152 e. The summed E-state index contributed by atoms with van der Waals surface area (Å²) >= 11 is 1.72. The number of allylic oxidation sites excluding steroid dienone is 7. The highest BCUT2D eigenvalue weighted by Crippen LogP contribution is 2.15. The minimum absolute atomic E-state index is 0.0591. The van der Waals surface area contributed by atoms with E-state index >= 15 is 0 Å². The predicted octanol–water partition coefficient (Wildman–Crippen LogP) is 7.48. The molecule has 0 aliphatic rings. The summed E-state index contributed by atoms with van der Waals surface area (Å²) in [5.74, 6) is 1.58. The van der Waals surface area contributed by atoms with E-state index < -0.39 is 0 Å². The molecule has 0 aliphatic carbocycles. The van der Waals surface area contributed by atoms with Crippen molar-refractivity contribution in [2.24, 2.45) is 0 Å². The van der Waals surface area contributed by atoms with Gasteiger partial charge in [-0.2, -0.15) is 11.8 Å². The Bertz CT molecular complexity index is 918. The van der Waals surface area contributed by atoms with Crippen molar-refractivity contribution in [3.63, 3.8) is 0 Å². The highest BCUT2D eigenvalue weighted by molar-refractivity contribution is 7.99. The van der Waals surface area contributed by atoms with Gasteiger partial charge in [0.1, 0.15) is 0 Å². The van der Waals surface area contributed by atoms with Gasteiger partial charge in [0.2, 0.25) is 0 Å². The monoisotopic (exact) mass is 479 g/mol. The van der Waals surface area contributed by atoms with Crippen LogP contribution in [0.4, 0.5) is 0 Å². The minimum Gasteiger partial charge on any atom is -0.375 e. The van der Waals surface area contributed by atoms with E-state index in [4.69, 9.17) is 0 Å². The highest BCUT2D eigenvalue weighted by Gasteiger charge is 2.14. The van der Waals surface area contributed by atoms with E-state index in [0.29, 0.717) is 17.0 Å². The number of nitrogens with one attached hydrogen (secondary N) is 1. The van der Waals surface area contributed by atoms with Crippen molar-refractivity contribution in [3.05, 3.63) is 89.2 Å². The average molecular weight is 480 g/mol. The molecule has 1 atom stereocenters. The van der Waals surface area contributed by atoms with Crippen LogP contribution >= 0.6 is 11.8 Å². The first kappa shape index (κ1) is 29.4. The van der Waals surface area contributed by atoms with Crippen molar-refractivity contribution < 1.29 is 9.59 Å². The van der Waals surface area contributed by atoms with Crippen molar-refractivity contribution in [3.8, 4) is 0 Å². The molecule has 1 unspecified atom stereocenters. The first-order valence-electron chi connectivity index (χ1n) is 11.9. The van der Waals surface area contributed by atoms with Crippen molar-refractivity contribution >= 4 is 29.4 Å². The molecule has 0 heterocycles. The third-order valence-corrected chi connectivity index (χ3v) is 6.34. The average Bonchev–Trinajstić information content (AvgIpc) is 2.79. The maximum atomic E-state index is 12.1. The molecule has 0 spiro atoms. The number of carbonyl (C=O) groups excluding carboxylic acids is 2. The van der Waals surface area contributed by atoms with Crippen LogP contribution in [0.5, 0.6) is 0 Å². The summed E-state index contributed by atoms with van der Waals surface area (Å²) in [5.41, 5.74) is 6.13. The molecule has 0 aliphatic heterocycles. The molecule has 1 aromatic rings. The lowest BCUT2D eigenvalue weighted by molar-refractivity contribution is -0.118. The number of ketones is 1. The molecule has 3 nitrogen and oxygen atoms in total. The molecular weight excluding hydrogens is 438 g/mol. The van der Waals surface area contributed by atoms with Crippen LogP contribution in [0.15, 0.2) is 83.6 Å². The summed E-state index contributed by atoms with van der Waals surface area (Å²) in [6, 6.07) is 9.10. The first-order valence-corrected chi connectivity index (χ1v) is 13.1. The van der Waals surface area contributed by atoms with Gasteiger partial charge in [-0.15, -0.1) is 0 Å². The zero-order valence-corrected chi connectivity index (χ0v) is 22.3. The number of benzene rings is 1. The molecule has 1 aromatic carbocycles. The fourth-order valence-electron chi connectivity index (χ4n) is 3.26. The number of hydrogen-bond acceptors (Lipinski definition) is 4. The summed E-state index contributed by atoms with van der Waals surface area (Å²) in [5, 5.41) is 3.18. The zero-order valence-electron chi connectivity index (χ0n) is 21.5. The second-order valence-corrected chi connectivity index (χ2v) is 9.99. The van der Waals surface area contributed by atoms with Crippen LogP contribution in [0.25, 0.3) is 5.57 Å². The van der Waals surface area contributed by atoms with Crippen molar-refractivity contribution in [1.82, 2.24) is 5.32 Å². The number of hydrogen-bond donors (Lipinski definition) is 1. The van der Waals surface area contributed by atoms with Crippen molar-refractivity contribution in [1.29, 1.82) is 0 Å². The third kappa shape index (κ3) is 13.2. The summed E-state index contributed by atoms with van der Waals surface area (Å²) in [7, 11) is 0. The second kappa shape index (κ2) is 16.9. The van der Waals surface area contributed by atoms with Crippen molar-refractivity contribution in [2.45, 2.75) is 66.3 Å². The van der Waals surface area contributed by atoms with Gasteiger partial charge in [-0.25, -0.2) is 0 Å². The summed E-state index contributed by atoms with van der Waals surface area (Å²) in [4.78, 5) is 23.6. The topological polar surface area (TPSA) is 46.2 Å². The number of Topliss-reactive ketones (excluding diaryl/α,β-unsaturated/α-hetero) is 1. The number of rotatable bonds is 16. The van der Waals surface area contributed by atoms with Crippen LogP contribution in [0, 0.1) is 0 Å². The number of aldehydes is 1. The van der Waals surface area contributed by atoms with E-state index in [1.165, 1.54) is 16.7 Å². The van der Waals surface area contributed by atoms with E-state index in [2.05, 4.69) is 57.8 Å². The molecule has 0 bridgehead atoms. The molecule has 4 heteroatoms. The Morgan fingerprint density at radius 2 is 1.59 bits per heavy atom.